The molecule has 2 heterocycles. The second-order valence-electron chi connectivity index (χ2n) is 11.7. The molecule has 4 atom stereocenters. The number of H-pyrrole nitrogens is 1. The highest BCUT2D eigenvalue weighted by Gasteiger charge is 2.31. The summed E-state index contributed by atoms with van der Waals surface area (Å²) in [5.74, 6) is -3.47. The lowest BCUT2D eigenvalue weighted by atomic mass is 10.0. The van der Waals surface area contributed by atoms with Gasteiger partial charge in [-0.15, -0.1) is 0 Å². The summed E-state index contributed by atoms with van der Waals surface area (Å²) in [7, 11) is 0. The van der Waals surface area contributed by atoms with E-state index in [4.69, 9.17) is 5.73 Å². The van der Waals surface area contributed by atoms with Crippen LogP contribution >= 0.6 is 0 Å². The van der Waals surface area contributed by atoms with E-state index in [1.54, 1.807) is 18.3 Å². The van der Waals surface area contributed by atoms with Crippen LogP contribution in [-0.2, 0) is 36.8 Å². The lowest BCUT2D eigenvalue weighted by Gasteiger charge is -2.25. The van der Waals surface area contributed by atoms with Crippen molar-refractivity contribution in [1.29, 1.82) is 0 Å². The maximum absolute atomic E-state index is 13.7. The molecule has 0 saturated carbocycles. The van der Waals surface area contributed by atoms with Crippen molar-refractivity contribution >= 4 is 40.5 Å². The number of nitrogens with one attached hydrogen (secondary N) is 6. The molecule has 14 nitrogen and oxygen atoms in total. The van der Waals surface area contributed by atoms with Crippen LogP contribution in [0, 0.1) is 0 Å². The molecule has 1 aliphatic rings. The average molecular weight is 650 g/mol. The van der Waals surface area contributed by atoms with Crippen molar-refractivity contribution in [3.63, 3.8) is 0 Å². The van der Waals surface area contributed by atoms with Gasteiger partial charge < -0.3 is 47.5 Å². The van der Waals surface area contributed by atoms with Crippen LogP contribution in [0.1, 0.15) is 43.2 Å². The van der Waals surface area contributed by atoms with Crippen LogP contribution in [0.3, 0.4) is 0 Å². The SMILES string of the molecule is NCCCC[C@H](NC(=O)CNC(=O)[C@@H]1CCCN1)C(=O)N[C@@H](Cc1c[nH]c2ccccc12)C(=O)N[C@@H](Cc1ccc(O)cc1)C(=O)O. The topological polar surface area (TPSA) is 228 Å². The minimum atomic E-state index is -1.33. The Labute approximate surface area is 272 Å². The lowest BCUT2D eigenvalue weighted by molar-refractivity contribution is -0.142. The van der Waals surface area contributed by atoms with Crippen LogP contribution in [0.15, 0.2) is 54.7 Å². The predicted octanol–water partition coefficient (Wildman–Crippen LogP) is 0.195. The number of amides is 4. The smallest absolute Gasteiger partial charge is 0.326 e. The van der Waals surface area contributed by atoms with Crippen molar-refractivity contribution in [2.24, 2.45) is 5.73 Å². The Morgan fingerprint density at radius 1 is 0.894 bits per heavy atom. The molecule has 0 aliphatic carbocycles. The fourth-order valence-electron chi connectivity index (χ4n) is 5.55. The van der Waals surface area contributed by atoms with Gasteiger partial charge in [0, 0.05) is 29.9 Å². The predicted molar refractivity (Wildman–Crippen MR) is 174 cm³/mol. The molecule has 1 fully saturated rings. The number of aliphatic carboxylic acids is 1. The van der Waals surface area contributed by atoms with Gasteiger partial charge in [-0.1, -0.05) is 30.3 Å². The third-order valence-electron chi connectivity index (χ3n) is 8.12. The summed E-state index contributed by atoms with van der Waals surface area (Å²) in [6, 6.07) is 9.47. The Kier molecular flexibility index (Phi) is 12.7. The van der Waals surface area contributed by atoms with Gasteiger partial charge in [0.05, 0.1) is 12.6 Å². The number of unbranched alkanes of at least 4 members (excludes halogenated alkanes) is 1. The number of nitrogens with two attached hydrogens (primary N) is 1. The monoisotopic (exact) mass is 649 g/mol. The van der Waals surface area contributed by atoms with Gasteiger partial charge in [0.25, 0.3) is 0 Å². The van der Waals surface area contributed by atoms with Gasteiger partial charge in [-0.05, 0) is 74.5 Å². The van der Waals surface area contributed by atoms with Crippen LogP contribution in [0.4, 0.5) is 0 Å². The molecule has 3 aromatic rings. The first kappa shape index (κ1) is 34.9. The summed E-state index contributed by atoms with van der Waals surface area (Å²) in [4.78, 5) is 67.9. The van der Waals surface area contributed by atoms with E-state index >= 15 is 0 Å². The molecule has 10 N–H and O–H groups in total. The van der Waals surface area contributed by atoms with Crippen LogP contribution in [0.2, 0.25) is 0 Å². The van der Waals surface area contributed by atoms with E-state index in [-0.39, 0.29) is 43.5 Å². The first-order valence-electron chi connectivity index (χ1n) is 15.8. The molecule has 1 aliphatic heterocycles. The number of carbonyl (C=O) groups excluding carboxylic acids is 4. The standard InChI is InChI=1S/C33H43N7O7/c34-14-4-3-8-26(38-29(42)19-37-30(43)25-9-5-15-35-25)31(44)39-27(17-21-18-36-24-7-2-1-6-23(21)24)32(45)40-28(33(46)47)16-20-10-12-22(41)13-11-20/h1-2,6-7,10-13,18,25-28,35-36,41H,3-5,8-9,14-17,19,34H2,(H,37,43)(H,38,42)(H,39,44)(H,40,45)(H,46,47)/t25-,26-,27-,28-/m0/s1. The van der Waals surface area contributed by atoms with Crippen molar-refractivity contribution in [3.05, 3.63) is 65.9 Å². The van der Waals surface area contributed by atoms with Crippen molar-refractivity contribution in [2.45, 2.75) is 69.1 Å². The molecule has 14 heteroatoms. The number of benzene rings is 2. The van der Waals surface area contributed by atoms with Crippen molar-refractivity contribution in [1.82, 2.24) is 31.6 Å². The zero-order valence-electron chi connectivity index (χ0n) is 26.1. The quantitative estimate of drug-likeness (QED) is 0.0909. The molecule has 4 amide bonds. The average Bonchev–Trinajstić information content (AvgIpc) is 3.74. The first-order valence-corrected chi connectivity index (χ1v) is 15.8. The Morgan fingerprint density at radius 2 is 1.62 bits per heavy atom. The number of carboxylic acid groups (broad SMARTS) is 1. The third-order valence-corrected chi connectivity index (χ3v) is 8.12. The molecule has 252 valence electrons. The highest BCUT2D eigenvalue weighted by atomic mass is 16.4. The summed E-state index contributed by atoms with van der Waals surface area (Å²) < 4.78 is 0. The number of phenolic OH excluding ortho intramolecular Hbond substituents is 1. The Bertz CT molecular complexity index is 1540. The molecule has 0 bridgehead atoms. The molecule has 47 heavy (non-hydrogen) atoms. The summed E-state index contributed by atoms with van der Waals surface area (Å²) in [6.07, 6.45) is 4.58. The highest BCUT2D eigenvalue weighted by Crippen LogP contribution is 2.20. The van der Waals surface area contributed by atoms with Gasteiger partial charge in [-0.25, -0.2) is 4.79 Å². The number of aromatic nitrogens is 1. The fraction of sp³-hybridized carbons (Fsp3) is 0.424. The van der Waals surface area contributed by atoms with Gasteiger partial charge >= 0.3 is 5.97 Å². The fourth-order valence-corrected chi connectivity index (χ4v) is 5.55. The number of phenols is 1. The number of para-hydroxylation sites is 1. The Balaban J connectivity index is 1.50. The summed E-state index contributed by atoms with van der Waals surface area (Å²) in [6.45, 7) is 0.787. The number of rotatable bonds is 17. The molecule has 4 rings (SSSR count). The number of carbonyl (C=O) groups is 5. The van der Waals surface area contributed by atoms with Crippen molar-refractivity contribution in [3.8, 4) is 5.75 Å². The highest BCUT2D eigenvalue weighted by molar-refractivity contribution is 5.95. The molecule has 0 unspecified atom stereocenters. The maximum atomic E-state index is 13.7. The number of hydrogen-bond donors (Lipinski definition) is 9. The van der Waals surface area contributed by atoms with E-state index in [1.165, 1.54) is 12.1 Å². The number of carboxylic acids is 1. The molecular weight excluding hydrogens is 606 g/mol. The second-order valence-corrected chi connectivity index (χ2v) is 11.7. The van der Waals surface area contributed by atoms with Gasteiger partial charge in [0.15, 0.2) is 0 Å². The van der Waals surface area contributed by atoms with Gasteiger partial charge in [0.2, 0.25) is 23.6 Å². The van der Waals surface area contributed by atoms with E-state index < -0.39 is 41.8 Å². The third kappa shape index (κ3) is 10.3. The summed E-state index contributed by atoms with van der Waals surface area (Å²) in [5, 5.41) is 34.0. The van der Waals surface area contributed by atoms with Crippen LogP contribution in [-0.4, -0.2) is 88.6 Å². The molecule has 1 aromatic heterocycles. The largest absolute Gasteiger partial charge is 0.508 e. The zero-order valence-corrected chi connectivity index (χ0v) is 26.1. The van der Waals surface area contributed by atoms with E-state index in [0.717, 1.165) is 29.4 Å². The van der Waals surface area contributed by atoms with Gasteiger partial charge in [-0.3, -0.25) is 19.2 Å². The van der Waals surface area contributed by atoms with Crippen molar-refractivity contribution < 1.29 is 34.2 Å². The molecule has 0 spiro atoms. The zero-order chi connectivity index (χ0) is 33.8. The number of aromatic hydroxyl groups is 1. The van der Waals surface area contributed by atoms with Gasteiger partial charge in [-0.2, -0.15) is 0 Å². The van der Waals surface area contributed by atoms with E-state index in [9.17, 15) is 34.2 Å². The molecule has 2 aromatic carbocycles. The maximum Gasteiger partial charge on any atom is 0.326 e. The van der Waals surface area contributed by atoms with E-state index in [1.807, 2.05) is 24.3 Å². The van der Waals surface area contributed by atoms with Crippen LogP contribution in [0.25, 0.3) is 10.9 Å². The van der Waals surface area contributed by atoms with E-state index in [2.05, 4.69) is 31.6 Å². The van der Waals surface area contributed by atoms with E-state index in [0.29, 0.717) is 31.4 Å². The first-order chi connectivity index (χ1) is 22.6. The number of aromatic amines is 1. The second kappa shape index (κ2) is 17.1. The van der Waals surface area contributed by atoms with Crippen molar-refractivity contribution in [2.75, 3.05) is 19.6 Å². The Hall–Kier alpha value is -4.95. The number of fused-ring (bicyclic) bond motifs is 1. The molecule has 0 radical (unpaired) electrons. The minimum Gasteiger partial charge on any atom is -0.508 e. The Morgan fingerprint density at radius 3 is 2.32 bits per heavy atom. The van der Waals surface area contributed by atoms with Gasteiger partial charge in [0.1, 0.15) is 23.9 Å². The summed E-state index contributed by atoms with van der Waals surface area (Å²) in [5.41, 5.74) is 7.77. The molecule has 1 saturated heterocycles. The summed E-state index contributed by atoms with van der Waals surface area (Å²) >= 11 is 0. The minimum absolute atomic E-state index is 0.0208. The lowest BCUT2D eigenvalue weighted by Crippen LogP contribution is -2.57. The van der Waals surface area contributed by atoms with Crippen LogP contribution < -0.4 is 32.3 Å². The van der Waals surface area contributed by atoms with Crippen LogP contribution in [0.5, 0.6) is 5.75 Å². The number of hydrogen-bond acceptors (Lipinski definition) is 8. The molecular formula is C33H43N7O7. The normalized spacial score (nSPS) is 16.1.